The van der Waals surface area contributed by atoms with Gasteiger partial charge in [0.05, 0.1) is 18.1 Å². The number of nitrogens with zero attached hydrogens (tertiary/aromatic N) is 4. The first-order chi connectivity index (χ1) is 12.8. The van der Waals surface area contributed by atoms with Crippen LogP contribution in [-0.2, 0) is 11.3 Å². The van der Waals surface area contributed by atoms with Crippen LogP contribution in [0.2, 0.25) is 0 Å². The van der Waals surface area contributed by atoms with Crippen molar-refractivity contribution in [2.24, 2.45) is 0 Å². The Hall–Kier alpha value is -2.61. The van der Waals surface area contributed by atoms with Gasteiger partial charge in [0.15, 0.2) is 0 Å². The molecule has 136 valence electrons. The van der Waals surface area contributed by atoms with E-state index in [4.69, 9.17) is 4.42 Å². The molecule has 1 aromatic carbocycles. The average Bonchev–Trinajstić information content (AvgIpc) is 3.33. The number of rotatable bonds is 9. The number of aromatic nitrogens is 4. The Labute approximate surface area is 156 Å². The molecule has 3 aromatic rings. The van der Waals surface area contributed by atoms with E-state index in [2.05, 4.69) is 27.8 Å². The number of thioether (sulfide) groups is 1. The molecule has 0 spiro atoms. The van der Waals surface area contributed by atoms with E-state index in [1.165, 1.54) is 11.8 Å². The molecular weight excluding hydrogens is 350 g/mol. The zero-order valence-electron chi connectivity index (χ0n) is 14.5. The quantitative estimate of drug-likeness (QED) is 0.582. The Kier molecular flexibility index (Phi) is 6.43. The second-order valence-corrected chi connectivity index (χ2v) is 6.75. The molecule has 7 nitrogen and oxygen atoms in total. The minimum Gasteiger partial charge on any atom is -0.467 e. The highest BCUT2D eigenvalue weighted by Gasteiger charge is 2.16. The van der Waals surface area contributed by atoms with Crippen molar-refractivity contribution in [2.45, 2.75) is 37.5 Å². The molecule has 0 saturated carbocycles. The highest BCUT2D eigenvalue weighted by molar-refractivity contribution is 7.99. The zero-order chi connectivity index (χ0) is 18.2. The monoisotopic (exact) mass is 371 g/mol. The predicted molar refractivity (Wildman–Crippen MR) is 98.6 cm³/mol. The van der Waals surface area contributed by atoms with Crippen LogP contribution in [0.1, 0.15) is 37.1 Å². The van der Waals surface area contributed by atoms with Gasteiger partial charge < -0.3 is 9.73 Å². The van der Waals surface area contributed by atoms with Gasteiger partial charge >= 0.3 is 0 Å². The number of hydrogen-bond donors (Lipinski definition) is 1. The van der Waals surface area contributed by atoms with Gasteiger partial charge in [0.25, 0.3) is 0 Å². The maximum atomic E-state index is 12.4. The highest BCUT2D eigenvalue weighted by Crippen LogP contribution is 2.20. The van der Waals surface area contributed by atoms with Crippen LogP contribution in [0.3, 0.4) is 0 Å². The number of tetrazole rings is 1. The van der Waals surface area contributed by atoms with Crippen LogP contribution >= 0.6 is 11.8 Å². The van der Waals surface area contributed by atoms with E-state index >= 15 is 0 Å². The van der Waals surface area contributed by atoms with Crippen LogP contribution in [0.5, 0.6) is 0 Å². The van der Waals surface area contributed by atoms with Gasteiger partial charge in [0, 0.05) is 0 Å². The fraction of sp³-hybridized carbons (Fsp3) is 0.333. The molecule has 1 N–H and O–H groups in total. The van der Waals surface area contributed by atoms with Gasteiger partial charge in [-0.1, -0.05) is 55.4 Å². The van der Waals surface area contributed by atoms with Crippen LogP contribution in [0.25, 0.3) is 0 Å². The number of nitrogens with one attached hydrogen (secondary N) is 1. The molecule has 26 heavy (non-hydrogen) atoms. The van der Waals surface area contributed by atoms with Gasteiger partial charge in [0.1, 0.15) is 12.3 Å². The lowest BCUT2D eigenvalue weighted by molar-refractivity contribution is -0.119. The number of carbonyl (C=O) groups is 1. The first-order valence-electron chi connectivity index (χ1n) is 8.52. The van der Waals surface area contributed by atoms with Gasteiger partial charge in [-0.2, -0.15) is 0 Å². The lowest BCUT2D eigenvalue weighted by atomic mass is 10.0. The topological polar surface area (TPSA) is 85.8 Å². The average molecular weight is 371 g/mol. The van der Waals surface area contributed by atoms with Crippen molar-refractivity contribution in [3.63, 3.8) is 0 Å². The summed E-state index contributed by atoms with van der Waals surface area (Å²) in [6.45, 7) is 2.55. The zero-order valence-corrected chi connectivity index (χ0v) is 15.4. The van der Waals surface area contributed by atoms with E-state index in [0.717, 1.165) is 24.2 Å². The standard InChI is InChI=1S/C18H21N5O2S/c1-2-7-16(14-8-4-3-5-9-14)19-17(24)13-26-18-20-21-22-23(18)12-15-10-6-11-25-15/h3-6,8-11,16H,2,7,12-13H2,1H3,(H,19,24). The Morgan fingerprint density at radius 2 is 2.12 bits per heavy atom. The minimum atomic E-state index is -0.0372. The Balaban J connectivity index is 1.56. The summed E-state index contributed by atoms with van der Waals surface area (Å²) in [5, 5.41) is 15.3. The lowest BCUT2D eigenvalue weighted by Gasteiger charge is -2.18. The van der Waals surface area contributed by atoms with E-state index in [-0.39, 0.29) is 17.7 Å². The molecule has 0 saturated heterocycles. The second-order valence-electron chi connectivity index (χ2n) is 5.81. The van der Waals surface area contributed by atoms with Crippen molar-refractivity contribution in [3.8, 4) is 0 Å². The first-order valence-corrected chi connectivity index (χ1v) is 9.50. The van der Waals surface area contributed by atoms with Crippen molar-refractivity contribution in [3.05, 3.63) is 60.1 Å². The summed E-state index contributed by atoms with van der Waals surface area (Å²) in [7, 11) is 0. The molecule has 8 heteroatoms. The fourth-order valence-corrected chi connectivity index (χ4v) is 3.30. The number of benzene rings is 1. The third-order valence-electron chi connectivity index (χ3n) is 3.83. The molecule has 1 unspecified atom stereocenters. The van der Waals surface area contributed by atoms with Gasteiger partial charge in [-0.05, 0) is 34.5 Å². The molecule has 1 amide bonds. The summed E-state index contributed by atoms with van der Waals surface area (Å²) in [6, 6.07) is 13.7. The number of carbonyl (C=O) groups excluding carboxylic acids is 1. The molecule has 1 atom stereocenters. The van der Waals surface area contributed by atoms with Crippen LogP contribution in [-0.4, -0.2) is 31.9 Å². The molecule has 2 aromatic heterocycles. The van der Waals surface area contributed by atoms with E-state index < -0.39 is 0 Å². The first kappa shape index (κ1) is 18.2. The number of furan rings is 1. The molecule has 0 aliphatic carbocycles. The van der Waals surface area contributed by atoms with E-state index in [9.17, 15) is 4.79 Å². The van der Waals surface area contributed by atoms with Crippen LogP contribution < -0.4 is 5.32 Å². The normalized spacial score (nSPS) is 12.0. The van der Waals surface area contributed by atoms with Crippen molar-refractivity contribution >= 4 is 17.7 Å². The molecule has 0 radical (unpaired) electrons. The van der Waals surface area contributed by atoms with Crippen molar-refractivity contribution < 1.29 is 9.21 Å². The maximum absolute atomic E-state index is 12.4. The molecule has 0 fully saturated rings. The summed E-state index contributed by atoms with van der Waals surface area (Å²) in [4.78, 5) is 12.4. The van der Waals surface area contributed by atoms with Crippen LogP contribution in [0.15, 0.2) is 58.3 Å². The summed E-state index contributed by atoms with van der Waals surface area (Å²) in [6.07, 6.45) is 3.50. The van der Waals surface area contributed by atoms with Gasteiger partial charge in [0.2, 0.25) is 11.1 Å². The molecule has 0 bridgehead atoms. The lowest BCUT2D eigenvalue weighted by Crippen LogP contribution is -2.30. The van der Waals surface area contributed by atoms with Crippen LogP contribution in [0, 0.1) is 0 Å². The number of amides is 1. The van der Waals surface area contributed by atoms with Gasteiger partial charge in [-0.15, -0.1) is 5.10 Å². The summed E-state index contributed by atoms with van der Waals surface area (Å²) >= 11 is 1.31. The second kappa shape index (κ2) is 9.19. The molecular formula is C18H21N5O2S. The van der Waals surface area contributed by atoms with Crippen molar-refractivity contribution in [1.29, 1.82) is 0 Å². The smallest absolute Gasteiger partial charge is 0.230 e. The van der Waals surface area contributed by atoms with Crippen molar-refractivity contribution in [1.82, 2.24) is 25.5 Å². The molecule has 0 aliphatic rings. The van der Waals surface area contributed by atoms with Crippen molar-refractivity contribution in [2.75, 3.05) is 5.75 Å². The summed E-state index contributed by atoms with van der Waals surface area (Å²) in [5.74, 6) is 0.978. The fourth-order valence-electron chi connectivity index (χ4n) is 2.61. The Bertz CT molecular complexity index is 804. The molecule has 2 heterocycles. The SMILES string of the molecule is CCCC(NC(=O)CSc1nnnn1Cc1ccco1)c1ccccc1. The Morgan fingerprint density at radius 3 is 2.85 bits per heavy atom. The number of hydrogen-bond acceptors (Lipinski definition) is 6. The van der Waals surface area contributed by atoms with E-state index in [1.807, 2.05) is 42.5 Å². The third-order valence-corrected chi connectivity index (χ3v) is 4.79. The Morgan fingerprint density at radius 1 is 1.27 bits per heavy atom. The molecule has 0 aliphatic heterocycles. The maximum Gasteiger partial charge on any atom is 0.230 e. The van der Waals surface area contributed by atoms with E-state index in [0.29, 0.717) is 11.7 Å². The largest absolute Gasteiger partial charge is 0.467 e. The molecule has 3 rings (SSSR count). The summed E-state index contributed by atoms with van der Waals surface area (Å²) < 4.78 is 6.93. The highest BCUT2D eigenvalue weighted by atomic mass is 32.2. The van der Waals surface area contributed by atoms with Gasteiger partial charge in [-0.3, -0.25) is 4.79 Å². The predicted octanol–water partition coefficient (Wildman–Crippen LogP) is 3.06. The van der Waals surface area contributed by atoms with Gasteiger partial charge in [-0.25, -0.2) is 4.68 Å². The van der Waals surface area contributed by atoms with E-state index in [1.54, 1.807) is 10.9 Å². The summed E-state index contributed by atoms with van der Waals surface area (Å²) in [5.41, 5.74) is 1.12. The minimum absolute atomic E-state index is 0.0217. The third kappa shape index (κ3) is 4.95. The van der Waals surface area contributed by atoms with Crippen LogP contribution in [0.4, 0.5) is 0 Å².